The van der Waals surface area contributed by atoms with E-state index in [1.54, 1.807) is 0 Å². The van der Waals surface area contributed by atoms with Crippen molar-refractivity contribution in [1.29, 1.82) is 0 Å². The highest BCUT2D eigenvalue weighted by molar-refractivity contribution is 5.54. The highest BCUT2D eigenvalue weighted by atomic mass is 15.2. The molecular weight excluding hydrogens is 246 g/mol. The van der Waals surface area contributed by atoms with Crippen LogP contribution in [0.25, 0.3) is 0 Å². The van der Waals surface area contributed by atoms with Crippen LogP contribution in [0.15, 0.2) is 48.8 Å². The van der Waals surface area contributed by atoms with Crippen molar-refractivity contribution in [3.05, 3.63) is 59.9 Å². The predicted octanol–water partition coefficient (Wildman–Crippen LogP) is 2.93. The van der Waals surface area contributed by atoms with Crippen LogP contribution in [-0.2, 0) is 0 Å². The number of rotatable bonds is 2. The van der Waals surface area contributed by atoms with Crippen LogP contribution in [0.5, 0.6) is 0 Å². The number of anilines is 1. The topological polar surface area (TPSA) is 28.2 Å². The largest absolute Gasteiger partial charge is 0.360 e. The number of aromatic nitrogens is 1. The van der Waals surface area contributed by atoms with Gasteiger partial charge in [-0.3, -0.25) is 4.98 Å². The van der Waals surface area contributed by atoms with E-state index in [-0.39, 0.29) is 0 Å². The van der Waals surface area contributed by atoms with Gasteiger partial charge in [0.2, 0.25) is 0 Å². The molecule has 1 aromatic heterocycles. The molecule has 0 radical (unpaired) electrons. The Morgan fingerprint density at radius 2 is 2.00 bits per heavy atom. The third-order valence-electron chi connectivity index (χ3n) is 4.01. The summed E-state index contributed by atoms with van der Waals surface area (Å²) in [5.74, 6) is 0. The van der Waals surface area contributed by atoms with E-state index in [9.17, 15) is 0 Å². The van der Waals surface area contributed by atoms with E-state index in [0.717, 1.165) is 13.1 Å². The summed E-state index contributed by atoms with van der Waals surface area (Å²) in [6.07, 6.45) is 3.85. The molecule has 1 aromatic carbocycles. The second-order valence-corrected chi connectivity index (χ2v) is 5.55. The lowest BCUT2D eigenvalue weighted by atomic mass is 10.00. The van der Waals surface area contributed by atoms with Gasteiger partial charge in [-0.1, -0.05) is 30.3 Å². The first-order valence-corrected chi connectivity index (χ1v) is 7.21. The smallest absolute Gasteiger partial charge is 0.0668 e. The van der Waals surface area contributed by atoms with Crippen LogP contribution in [-0.4, -0.2) is 24.1 Å². The number of aryl methyl sites for hydroxylation is 1. The lowest BCUT2D eigenvalue weighted by Gasteiger charge is -2.41. The third kappa shape index (κ3) is 2.54. The summed E-state index contributed by atoms with van der Waals surface area (Å²) >= 11 is 0. The molecule has 2 unspecified atom stereocenters. The molecule has 1 aliphatic heterocycles. The molecule has 104 valence electrons. The van der Waals surface area contributed by atoms with Crippen LogP contribution in [0.1, 0.15) is 24.1 Å². The molecule has 20 heavy (non-hydrogen) atoms. The minimum absolute atomic E-state index is 0.371. The first kappa shape index (κ1) is 13.1. The van der Waals surface area contributed by atoms with Gasteiger partial charge < -0.3 is 10.2 Å². The van der Waals surface area contributed by atoms with Gasteiger partial charge in [-0.15, -0.1) is 0 Å². The molecule has 0 amide bonds. The van der Waals surface area contributed by atoms with E-state index in [4.69, 9.17) is 0 Å². The minimum Gasteiger partial charge on any atom is -0.360 e. The summed E-state index contributed by atoms with van der Waals surface area (Å²) in [4.78, 5) is 6.80. The van der Waals surface area contributed by atoms with Crippen LogP contribution < -0.4 is 10.2 Å². The Hall–Kier alpha value is -1.87. The summed E-state index contributed by atoms with van der Waals surface area (Å²) < 4.78 is 0. The average Bonchev–Trinajstić information content (AvgIpc) is 2.48. The Morgan fingerprint density at radius 3 is 2.75 bits per heavy atom. The standard InChI is InChI=1S/C17H21N3/c1-13-8-9-18-10-16(13)20-12-14(2)19-11-17(20)15-6-4-3-5-7-15/h3-10,14,17,19H,11-12H2,1-2H3. The van der Waals surface area contributed by atoms with Gasteiger partial charge >= 0.3 is 0 Å². The van der Waals surface area contributed by atoms with E-state index in [1.165, 1.54) is 16.8 Å². The van der Waals surface area contributed by atoms with Gasteiger partial charge in [-0.05, 0) is 31.0 Å². The van der Waals surface area contributed by atoms with E-state index >= 15 is 0 Å². The maximum absolute atomic E-state index is 4.31. The average molecular weight is 267 g/mol. The second-order valence-electron chi connectivity index (χ2n) is 5.55. The van der Waals surface area contributed by atoms with Crippen LogP contribution in [0.3, 0.4) is 0 Å². The monoisotopic (exact) mass is 267 g/mol. The molecule has 0 saturated carbocycles. The minimum atomic E-state index is 0.371. The zero-order valence-electron chi connectivity index (χ0n) is 12.1. The quantitative estimate of drug-likeness (QED) is 0.907. The maximum atomic E-state index is 4.31. The fourth-order valence-electron chi connectivity index (χ4n) is 2.91. The van der Waals surface area contributed by atoms with Crippen molar-refractivity contribution in [2.75, 3.05) is 18.0 Å². The van der Waals surface area contributed by atoms with Crippen LogP contribution in [0.2, 0.25) is 0 Å². The SMILES string of the molecule is Cc1ccncc1N1CC(C)NCC1c1ccccc1. The van der Waals surface area contributed by atoms with E-state index < -0.39 is 0 Å². The lowest BCUT2D eigenvalue weighted by molar-refractivity contribution is 0.416. The van der Waals surface area contributed by atoms with Crippen molar-refractivity contribution in [3.63, 3.8) is 0 Å². The molecule has 3 nitrogen and oxygen atoms in total. The molecule has 3 rings (SSSR count). The zero-order valence-corrected chi connectivity index (χ0v) is 12.1. The lowest BCUT2D eigenvalue weighted by Crippen LogP contribution is -2.51. The molecule has 2 atom stereocenters. The number of nitrogens with one attached hydrogen (secondary N) is 1. The van der Waals surface area contributed by atoms with Crippen molar-refractivity contribution in [2.24, 2.45) is 0 Å². The van der Waals surface area contributed by atoms with E-state index in [1.807, 2.05) is 12.4 Å². The van der Waals surface area contributed by atoms with Crippen LogP contribution in [0.4, 0.5) is 5.69 Å². The molecular formula is C17H21N3. The first-order chi connectivity index (χ1) is 9.75. The van der Waals surface area contributed by atoms with Crippen molar-refractivity contribution in [3.8, 4) is 0 Å². The highest BCUT2D eigenvalue weighted by Gasteiger charge is 2.28. The summed E-state index contributed by atoms with van der Waals surface area (Å²) in [5, 5.41) is 3.59. The highest BCUT2D eigenvalue weighted by Crippen LogP contribution is 2.30. The molecule has 0 aliphatic carbocycles. The predicted molar refractivity (Wildman–Crippen MR) is 83.0 cm³/mol. The van der Waals surface area contributed by atoms with E-state index in [2.05, 4.69) is 65.4 Å². The third-order valence-corrected chi connectivity index (χ3v) is 4.01. The number of hydrogen-bond acceptors (Lipinski definition) is 3. The number of piperazine rings is 1. The summed E-state index contributed by atoms with van der Waals surface area (Å²) in [5.41, 5.74) is 3.89. The summed E-state index contributed by atoms with van der Waals surface area (Å²) in [6.45, 7) is 6.37. The fraction of sp³-hybridized carbons (Fsp3) is 0.353. The zero-order chi connectivity index (χ0) is 13.9. The molecule has 2 aromatic rings. The van der Waals surface area contributed by atoms with Gasteiger partial charge in [-0.2, -0.15) is 0 Å². The molecule has 0 spiro atoms. The molecule has 3 heteroatoms. The van der Waals surface area contributed by atoms with Crippen molar-refractivity contribution >= 4 is 5.69 Å². The van der Waals surface area contributed by atoms with Gasteiger partial charge in [0.25, 0.3) is 0 Å². The van der Waals surface area contributed by atoms with Crippen molar-refractivity contribution in [1.82, 2.24) is 10.3 Å². The number of nitrogens with zero attached hydrogens (tertiary/aromatic N) is 2. The van der Waals surface area contributed by atoms with Gasteiger partial charge in [0.1, 0.15) is 0 Å². The fourth-order valence-corrected chi connectivity index (χ4v) is 2.91. The summed E-state index contributed by atoms with van der Waals surface area (Å²) in [6, 6.07) is 13.7. The van der Waals surface area contributed by atoms with Gasteiger partial charge in [-0.25, -0.2) is 0 Å². The van der Waals surface area contributed by atoms with Gasteiger partial charge in [0.05, 0.1) is 17.9 Å². The van der Waals surface area contributed by atoms with Gasteiger partial charge in [0, 0.05) is 25.3 Å². The maximum Gasteiger partial charge on any atom is 0.0668 e. The Balaban J connectivity index is 1.98. The molecule has 1 N–H and O–H groups in total. The summed E-state index contributed by atoms with van der Waals surface area (Å²) in [7, 11) is 0. The second kappa shape index (κ2) is 5.63. The number of hydrogen-bond donors (Lipinski definition) is 1. The Morgan fingerprint density at radius 1 is 1.20 bits per heavy atom. The molecule has 0 bridgehead atoms. The Bertz CT molecular complexity index is 567. The van der Waals surface area contributed by atoms with Crippen LogP contribution >= 0.6 is 0 Å². The molecule has 1 aliphatic rings. The Kier molecular flexibility index (Phi) is 3.70. The van der Waals surface area contributed by atoms with Crippen molar-refractivity contribution in [2.45, 2.75) is 25.9 Å². The van der Waals surface area contributed by atoms with Crippen molar-refractivity contribution < 1.29 is 0 Å². The van der Waals surface area contributed by atoms with Crippen LogP contribution in [0, 0.1) is 6.92 Å². The molecule has 1 saturated heterocycles. The Labute approximate surface area is 120 Å². The normalized spacial score (nSPS) is 22.8. The number of pyridine rings is 1. The first-order valence-electron chi connectivity index (χ1n) is 7.21. The van der Waals surface area contributed by atoms with Gasteiger partial charge in [0.15, 0.2) is 0 Å². The molecule has 2 heterocycles. The van der Waals surface area contributed by atoms with E-state index in [0.29, 0.717) is 12.1 Å². The molecule has 1 fully saturated rings. The number of benzene rings is 1.